The Bertz CT molecular complexity index is 2270. The summed E-state index contributed by atoms with van der Waals surface area (Å²) in [4.78, 5) is 24.2. The minimum atomic E-state index is -0.748. The number of hydrogen-bond donors (Lipinski definition) is 2. The molecule has 0 unspecified atom stereocenters. The van der Waals surface area contributed by atoms with Crippen molar-refractivity contribution in [1.82, 2.24) is 19.6 Å². The Morgan fingerprint density at radius 3 is 1.48 bits per heavy atom. The van der Waals surface area contributed by atoms with E-state index < -0.39 is 5.97 Å². The van der Waals surface area contributed by atoms with Crippen LogP contribution in [0.15, 0.2) is 121 Å². The fourth-order valence-corrected chi connectivity index (χ4v) is 8.21. The second-order valence-electron chi connectivity index (χ2n) is 15.9. The van der Waals surface area contributed by atoms with Gasteiger partial charge in [0.05, 0.1) is 48.6 Å². The van der Waals surface area contributed by atoms with E-state index in [1.54, 1.807) is 37.6 Å². The van der Waals surface area contributed by atoms with Gasteiger partial charge in [0, 0.05) is 39.4 Å². The second kappa shape index (κ2) is 22.4. The molecule has 0 saturated heterocycles. The van der Waals surface area contributed by atoms with Crippen LogP contribution in [0, 0.1) is 25.7 Å². The number of Topliss-reactive ketones (excluding diaryl/α,β-unsaturated/α-hetero) is 1. The lowest BCUT2D eigenvalue weighted by atomic mass is 9.90. The molecule has 0 aliphatic carbocycles. The summed E-state index contributed by atoms with van der Waals surface area (Å²) in [5, 5.41) is 17.9. The predicted octanol–water partition coefficient (Wildman–Crippen LogP) is 10.8. The van der Waals surface area contributed by atoms with Crippen LogP contribution in [0.1, 0.15) is 69.8 Å². The van der Waals surface area contributed by atoms with Crippen LogP contribution < -0.4 is 15.2 Å². The molecular weight excluding hydrogens is 803 g/mol. The number of rotatable bonds is 16. The lowest BCUT2D eigenvalue weighted by molar-refractivity contribution is -0.141. The number of hydrogen-bond acceptors (Lipinski definition) is 9. The molecule has 12 heteroatoms. The second-order valence-corrected chi connectivity index (χ2v) is 19.1. The first kappa shape index (κ1) is 48.2. The highest BCUT2D eigenvalue weighted by Gasteiger charge is 2.33. The first-order chi connectivity index (χ1) is 28.9. The van der Waals surface area contributed by atoms with E-state index in [0.29, 0.717) is 12.2 Å². The molecule has 0 bridgehead atoms. The summed E-state index contributed by atoms with van der Waals surface area (Å²) in [6.45, 7) is 15.9. The number of nitrogens with zero attached hydrogens (tertiary/aromatic N) is 4. The molecule has 4 aromatic carbocycles. The molecule has 0 spiro atoms. The number of aryl methyl sites for hydroxylation is 2. The Kier molecular flexibility index (Phi) is 17.7. The van der Waals surface area contributed by atoms with Crippen LogP contribution in [0.5, 0.6) is 11.5 Å². The Balaban J connectivity index is 0.000000223. The van der Waals surface area contributed by atoms with E-state index in [0.717, 1.165) is 51.5 Å². The highest BCUT2D eigenvalue weighted by atomic mass is 32.2. The van der Waals surface area contributed by atoms with E-state index in [2.05, 4.69) is 36.2 Å². The molecule has 61 heavy (non-hydrogen) atoms. The van der Waals surface area contributed by atoms with Gasteiger partial charge >= 0.3 is 5.97 Å². The van der Waals surface area contributed by atoms with Crippen LogP contribution in [-0.2, 0) is 27.5 Å². The molecule has 0 aliphatic rings. The van der Waals surface area contributed by atoms with Crippen molar-refractivity contribution in [3.63, 3.8) is 0 Å². The largest absolute Gasteiger partial charge is 0.497 e. The van der Waals surface area contributed by atoms with Crippen LogP contribution in [0.25, 0.3) is 11.4 Å². The van der Waals surface area contributed by atoms with Gasteiger partial charge < -0.3 is 20.3 Å². The highest BCUT2D eigenvalue weighted by Crippen LogP contribution is 2.37. The van der Waals surface area contributed by atoms with E-state index in [-0.39, 0.29) is 27.1 Å². The van der Waals surface area contributed by atoms with E-state index in [1.807, 2.05) is 160 Å². The van der Waals surface area contributed by atoms with Crippen molar-refractivity contribution in [2.24, 2.45) is 11.8 Å². The van der Waals surface area contributed by atoms with E-state index in [9.17, 15) is 9.59 Å². The van der Waals surface area contributed by atoms with E-state index in [1.165, 1.54) is 11.1 Å². The number of thioether (sulfide) groups is 2. The average Bonchev–Trinajstić information content (AvgIpc) is 3.81. The molecule has 10 nitrogen and oxygen atoms in total. The van der Waals surface area contributed by atoms with Crippen molar-refractivity contribution >= 4 is 41.1 Å². The standard InChI is InChI=1S/C25H30N2O2S.C14H20O3S.C10H11N3/c1-18-15-22(27(26-18)21-9-7-6-8-10-21)16-24(28)19(2)25(3,4)30-17-20-11-13-23(29-5)14-12-20;1-10(13(15)16)14(2,3)18-9-11-5-7-12(17-4)8-6-11;1-8-7-10(11)13(12-8)9-5-3-2-4-6-9/h6-15,19H,16-17H2,1-5H3;5-8,10H,9H2,1-4H3,(H,15,16);2-7H,11H2,1H3/t19-;10-;/m11./s1. The number of para-hydroxylation sites is 2. The summed E-state index contributed by atoms with van der Waals surface area (Å²) in [5.41, 5.74) is 12.9. The molecule has 0 fully saturated rings. The smallest absolute Gasteiger partial charge is 0.307 e. The number of ketones is 1. The molecule has 0 amide bonds. The van der Waals surface area contributed by atoms with Crippen molar-refractivity contribution in [2.45, 2.75) is 82.8 Å². The minimum absolute atomic E-state index is 0.0832. The fraction of sp³-hybridized carbons (Fsp3) is 0.347. The zero-order valence-electron chi connectivity index (χ0n) is 37.1. The van der Waals surface area contributed by atoms with Gasteiger partial charge in [0.25, 0.3) is 0 Å². The number of anilines is 1. The van der Waals surface area contributed by atoms with E-state index >= 15 is 0 Å². The van der Waals surface area contributed by atoms with Crippen molar-refractivity contribution < 1.29 is 24.2 Å². The number of carboxylic acid groups (broad SMARTS) is 1. The van der Waals surface area contributed by atoms with Gasteiger partial charge in [-0.1, -0.05) is 74.5 Å². The number of ether oxygens (including phenoxy) is 2. The van der Waals surface area contributed by atoms with Gasteiger partial charge in [-0.3, -0.25) is 9.59 Å². The summed E-state index contributed by atoms with van der Waals surface area (Å²) in [5.74, 6) is 3.05. The van der Waals surface area contributed by atoms with Gasteiger partial charge in [0.2, 0.25) is 0 Å². The molecule has 0 radical (unpaired) electrons. The van der Waals surface area contributed by atoms with Crippen molar-refractivity contribution in [3.8, 4) is 22.9 Å². The maximum atomic E-state index is 13.2. The predicted molar refractivity (Wildman–Crippen MR) is 252 cm³/mol. The average molecular weight is 864 g/mol. The number of aromatic nitrogens is 4. The molecule has 2 heterocycles. The number of benzene rings is 4. The van der Waals surface area contributed by atoms with Gasteiger partial charge in [0.15, 0.2) is 0 Å². The third kappa shape index (κ3) is 14.3. The third-order valence-corrected chi connectivity index (χ3v) is 13.8. The summed E-state index contributed by atoms with van der Waals surface area (Å²) < 4.78 is 13.5. The van der Waals surface area contributed by atoms with E-state index in [4.69, 9.17) is 20.3 Å². The summed E-state index contributed by atoms with van der Waals surface area (Å²) in [6.07, 6.45) is 0.378. The van der Waals surface area contributed by atoms with Crippen LogP contribution in [-0.4, -0.2) is 60.1 Å². The number of methoxy groups -OCH3 is 2. The lowest BCUT2D eigenvalue weighted by Gasteiger charge is -2.30. The van der Waals surface area contributed by atoms with Crippen molar-refractivity contribution in [3.05, 3.63) is 150 Å². The van der Waals surface area contributed by atoms with Crippen LogP contribution in [0.3, 0.4) is 0 Å². The summed E-state index contributed by atoms with van der Waals surface area (Å²) in [6, 6.07) is 39.7. The van der Waals surface area contributed by atoms with Crippen LogP contribution >= 0.6 is 23.5 Å². The number of carboxylic acids is 1. The lowest BCUT2D eigenvalue weighted by Crippen LogP contribution is -2.33. The topological polar surface area (TPSA) is 134 Å². The minimum Gasteiger partial charge on any atom is -0.497 e. The first-order valence-corrected chi connectivity index (χ1v) is 22.2. The Morgan fingerprint density at radius 2 is 1.07 bits per heavy atom. The van der Waals surface area contributed by atoms with Gasteiger partial charge in [0.1, 0.15) is 23.1 Å². The number of carbonyl (C=O) groups is 2. The van der Waals surface area contributed by atoms with Crippen molar-refractivity contribution in [2.75, 3.05) is 20.0 Å². The number of nitrogens with two attached hydrogens (primary N) is 1. The molecule has 0 aliphatic heterocycles. The van der Waals surface area contributed by atoms with Gasteiger partial charge in [-0.25, -0.2) is 9.36 Å². The normalized spacial score (nSPS) is 12.2. The molecule has 0 saturated carbocycles. The zero-order valence-corrected chi connectivity index (χ0v) is 38.7. The van der Waals surface area contributed by atoms with Crippen molar-refractivity contribution in [1.29, 1.82) is 0 Å². The molecule has 324 valence electrons. The highest BCUT2D eigenvalue weighted by molar-refractivity contribution is 8.00. The maximum Gasteiger partial charge on any atom is 0.307 e. The number of aliphatic carboxylic acids is 1. The SMILES string of the molecule is COc1ccc(CSC(C)(C)[C@H](C)C(=O)Cc2cc(C)nn2-c2ccccc2)cc1.COc1ccc(CSC(C)(C)[C@H](C)C(=O)O)cc1.Cc1cc(N)n(-c2ccccc2)n1. The number of carbonyl (C=O) groups excluding carboxylic acids is 1. The van der Waals surface area contributed by atoms with Crippen LogP contribution in [0.4, 0.5) is 5.82 Å². The molecule has 2 atom stereocenters. The van der Waals surface area contributed by atoms with Crippen LogP contribution in [0.2, 0.25) is 0 Å². The summed E-state index contributed by atoms with van der Waals surface area (Å²) >= 11 is 3.47. The monoisotopic (exact) mass is 863 g/mol. The fourth-order valence-electron chi connectivity index (χ4n) is 6.02. The van der Waals surface area contributed by atoms with Gasteiger partial charge in [-0.05, 0) is 107 Å². The molecule has 3 N–H and O–H groups in total. The number of nitrogen functional groups attached to an aromatic ring is 1. The Hall–Kier alpha value is -5.46. The third-order valence-electron chi connectivity index (χ3n) is 10.6. The zero-order chi connectivity index (χ0) is 44.7. The molecule has 6 rings (SSSR count). The molecule has 6 aromatic rings. The Morgan fingerprint density at radius 1 is 0.656 bits per heavy atom. The summed E-state index contributed by atoms with van der Waals surface area (Å²) in [7, 11) is 3.31. The molecule has 2 aromatic heterocycles. The van der Waals surface area contributed by atoms with Gasteiger partial charge in [-0.15, -0.1) is 0 Å². The Labute approximate surface area is 370 Å². The maximum absolute atomic E-state index is 13.2. The molecular formula is C49H61N5O5S2. The first-order valence-electron chi connectivity index (χ1n) is 20.2. The van der Waals surface area contributed by atoms with Gasteiger partial charge in [-0.2, -0.15) is 33.7 Å². The quantitative estimate of drug-likeness (QED) is 0.0968.